The number of rotatable bonds is 8. The summed E-state index contributed by atoms with van der Waals surface area (Å²) in [5.74, 6) is 0. The van der Waals surface area contributed by atoms with Gasteiger partial charge in [0.2, 0.25) is 0 Å². The van der Waals surface area contributed by atoms with E-state index in [2.05, 4.69) is 55.4 Å². The molecule has 0 bridgehead atoms. The van der Waals surface area contributed by atoms with Crippen molar-refractivity contribution in [3.05, 3.63) is 0 Å². The van der Waals surface area contributed by atoms with Crippen LogP contribution in [0.15, 0.2) is 0 Å². The first-order chi connectivity index (χ1) is 12.8. The molecule has 10 aliphatic rings. The molecule has 0 amide bonds. The van der Waals surface area contributed by atoms with Crippen LogP contribution in [0.1, 0.15) is 107 Å². The predicted molar refractivity (Wildman–Crippen MR) is 111 cm³/mol. The van der Waals surface area contributed by atoms with Gasteiger partial charge in [0.05, 0.1) is 0 Å². The van der Waals surface area contributed by atoms with E-state index in [0.29, 0.717) is 0 Å². The van der Waals surface area contributed by atoms with Gasteiger partial charge in [-0.25, -0.2) is 0 Å². The molecule has 0 aromatic carbocycles. The molecule has 0 nitrogen and oxygen atoms in total. The molecule has 10 saturated heterocycles. The fourth-order valence-corrected chi connectivity index (χ4v) is 131. The Morgan fingerprint density at radius 1 is 0.444 bits per heavy atom. The zero-order valence-electron chi connectivity index (χ0n) is 19.2. The number of hydrogen-bond acceptors (Lipinski definition) is 0. The van der Waals surface area contributed by atoms with Crippen LogP contribution in [-0.2, 0) is 6.51 Å². The zero-order chi connectivity index (χ0) is 19.1. The summed E-state index contributed by atoms with van der Waals surface area (Å²) in [5.41, 5.74) is 0. The van der Waals surface area contributed by atoms with Gasteiger partial charge in [-0.15, -0.1) is 0 Å². The fourth-order valence-electron chi connectivity index (χ4n) is 30.9. The first-order valence-corrected chi connectivity index (χ1v) is 18.7. The standard InChI is InChI=1S/C15H25.C11H17.Fe/c1-6-11-12(7-2)14(9-4)15(10-5)13(11)8-3;1-4-9-7-10(5-2)11(6-3)8-9;/h6-10H2,1-5H3;7-8H,4-6H2,1-3H3;. The minimum absolute atomic E-state index is 0.946. The molecule has 4 atom stereocenters. The van der Waals surface area contributed by atoms with Gasteiger partial charge in [0.15, 0.2) is 0 Å². The molecule has 0 aromatic heterocycles. The summed E-state index contributed by atoms with van der Waals surface area (Å²) >= 11 is 0. The van der Waals surface area contributed by atoms with Crippen molar-refractivity contribution >= 4 is 0 Å². The van der Waals surface area contributed by atoms with Crippen LogP contribution in [-0.4, -0.2) is 0 Å². The van der Waals surface area contributed by atoms with Crippen molar-refractivity contribution in [1.29, 1.82) is 0 Å². The van der Waals surface area contributed by atoms with Crippen LogP contribution in [0, 0.1) is 0 Å². The summed E-state index contributed by atoms with van der Waals surface area (Å²) in [6.07, 6.45) is 12.9. The summed E-state index contributed by atoms with van der Waals surface area (Å²) in [7, 11) is 0. The first-order valence-electron chi connectivity index (χ1n) is 13.0. The SMILES string of the molecule is CC[C]12[CH]3[C]4(CC)[C]5(CC)[CH]1[Fe]32451678[C]2(CC)[C]1(CC)[C]6(CC)[C]7(CC)[C]28CC. The third-order valence-corrected chi connectivity index (χ3v) is 73.2. The molecule has 4 unspecified atom stereocenters. The van der Waals surface area contributed by atoms with Crippen molar-refractivity contribution in [2.45, 2.75) is 151 Å². The summed E-state index contributed by atoms with van der Waals surface area (Å²) in [6.45, 7) is 17.7. The van der Waals surface area contributed by atoms with Gasteiger partial charge in [-0.2, -0.15) is 0 Å². The van der Waals surface area contributed by atoms with Crippen molar-refractivity contribution in [3.8, 4) is 0 Å². The average molecular weight is 410 g/mol. The zero-order valence-corrected chi connectivity index (χ0v) is 20.3. The Kier molecular flexibility index (Phi) is 0.803. The van der Waals surface area contributed by atoms with Crippen LogP contribution in [0.4, 0.5) is 0 Å². The molecule has 0 aromatic rings. The van der Waals surface area contributed by atoms with E-state index in [4.69, 9.17) is 0 Å². The fraction of sp³-hybridized carbons (Fsp3) is 1.00. The maximum atomic E-state index is 2.72. The molecular formula is C26H42Fe. The van der Waals surface area contributed by atoms with E-state index in [9.17, 15) is 0 Å². The normalized spacial score (nSPS) is 99.0. The third-order valence-electron chi connectivity index (χ3n) is 22.2. The molecule has 0 N–H and O–H groups in total. The molecule has 1 heteroatoms. The van der Waals surface area contributed by atoms with E-state index in [1.54, 1.807) is 51.4 Å². The van der Waals surface area contributed by atoms with Crippen LogP contribution in [0.2, 0.25) is 44.1 Å². The van der Waals surface area contributed by atoms with E-state index < -0.39 is 6.51 Å². The van der Waals surface area contributed by atoms with Gasteiger partial charge < -0.3 is 0 Å². The van der Waals surface area contributed by atoms with Gasteiger partial charge in [0, 0.05) is 0 Å². The Bertz CT molecular complexity index is 1200. The van der Waals surface area contributed by atoms with E-state index >= 15 is 0 Å². The Labute approximate surface area is 157 Å². The van der Waals surface area contributed by atoms with Crippen molar-refractivity contribution in [1.82, 2.24) is 0 Å². The summed E-state index contributed by atoms with van der Waals surface area (Å²) < 4.78 is 7.64. The topological polar surface area (TPSA) is 0 Å². The van der Waals surface area contributed by atoms with Gasteiger partial charge >= 0.3 is 157 Å². The monoisotopic (exact) mass is 410 g/mol. The Morgan fingerprint density at radius 3 is 0.926 bits per heavy atom. The van der Waals surface area contributed by atoms with E-state index in [-0.39, 0.29) is 0 Å². The second-order valence-electron chi connectivity index (χ2n) is 14.2. The van der Waals surface area contributed by atoms with Gasteiger partial charge in [-0.1, -0.05) is 0 Å². The summed E-state index contributed by atoms with van der Waals surface area (Å²) in [6, 6.07) is 0. The second kappa shape index (κ2) is 1.49. The maximum absolute atomic E-state index is 4.03. The van der Waals surface area contributed by atoms with Gasteiger partial charge in [-0.3, -0.25) is 0 Å². The van der Waals surface area contributed by atoms with Crippen LogP contribution in [0.25, 0.3) is 0 Å². The molecule has 10 rings (SSSR count). The quantitative estimate of drug-likeness (QED) is 0.349. The molecule has 10 fully saturated rings. The van der Waals surface area contributed by atoms with Crippen molar-refractivity contribution in [2.75, 3.05) is 0 Å². The molecule has 0 aliphatic carbocycles. The van der Waals surface area contributed by atoms with E-state index in [1.807, 2.05) is 0 Å². The average Bonchev–Trinajstić information content (AvgIpc) is 3.66. The van der Waals surface area contributed by atoms with Crippen LogP contribution >= 0.6 is 0 Å². The second-order valence-corrected chi connectivity index (χ2v) is 36.4. The van der Waals surface area contributed by atoms with Crippen LogP contribution < -0.4 is 0 Å². The van der Waals surface area contributed by atoms with Gasteiger partial charge in [0.25, 0.3) is 0 Å². The van der Waals surface area contributed by atoms with E-state index in [0.717, 1.165) is 34.5 Å². The molecular weight excluding hydrogens is 368 g/mol. The van der Waals surface area contributed by atoms with Crippen LogP contribution in [0.3, 0.4) is 0 Å². The molecule has 154 valence electrons. The molecule has 1 spiro atoms. The number of hydrogen-bond donors (Lipinski definition) is 0. The summed E-state index contributed by atoms with van der Waals surface area (Å²) in [4.78, 5) is 2.69. The van der Waals surface area contributed by atoms with Crippen molar-refractivity contribution in [3.63, 3.8) is 0 Å². The Hall–Kier alpha value is 0.519. The molecule has 0 saturated carbocycles. The van der Waals surface area contributed by atoms with E-state index in [1.165, 1.54) is 9.63 Å². The molecule has 27 heavy (non-hydrogen) atoms. The van der Waals surface area contributed by atoms with Crippen molar-refractivity contribution < 1.29 is 6.51 Å². The Balaban J connectivity index is 1.66. The number of fused-ring (bicyclic) bond motifs is 10. The molecule has 10 heterocycles. The van der Waals surface area contributed by atoms with Crippen LogP contribution in [0.5, 0.6) is 0 Å². The Morgan fingerprint density at radius 2 is 0.741 bits per heavy atom. The van der Waals surface area contributed by atoms with Gasteiger partial charge in [-0.05, 0) is 0 Å². The summed E-state index contributed by atoms with van der Waals surface area (Å²) in [5, 5.41) is 0. The molecule has 0 radical (unpaired) electrons. The predicted octanol–water partition coefficient (Wildman–Crippen LogP) is 9.62. The first kappa shape index (κ1) is 14.5. The third kappa shape index (κ3) is 0.142. The molecule has 10 aliphatic heterocycles. The van der Waals surface area contributed by atoms with Gasteiger partial charge in [0.1, 0.15) is 0 Å². The minimum atomic E-state index is -4.03. The van der Waals surface area contributed by atoms with Crippen molar-refractivity contribution in [2.24, 2.45) is 0 Å².